The fraction of sp³-hybridized carbons (Fsp3) is 0.286. The first-order valence-corrected chi connectivity index (χ1v) is 8.16. The number of rotatable bonds is 4. The van der Waals surface area contributed by atoms with E-state index < -0.39 is 0 Å². The Balaban J connectivity index is 2.11. The van der Waals surface area contributed by atoms with Crippen LogP contribution in [0.1, 0.15) is 24.0 Å². The van der Waals surface area contributed by atoms with Crippen molar-refractivity contribution in [1.82, 2.24) is 9.97 Å². The standard InChI is InChI=1S/C14H16IN3S/c1-3-11-13(15)14(16)18-12(17-11)8-19-10-6-4-9(2)5-7-10/h4-7H,3,8H2,1-2H3,(H2,16,17,18). The third-order valence-corrected chi connectivity index (χ3v) is 4.90. The second kappa shape index (κ2) is 6.56. The van der Waals surface area contributed by atoms with Crippen LogP contribution < -0.4 is 5.73 Å². The van der Waals surface area contributed by atoms with Gasteiger partial charge in [-0.1, -0.05) is 24.6 Å². The Hall–Kier alpha value is -0.820. The minimum absolute atomic E-state index is 0.590. The van der Waals surface area contributed by atoms with Gasteiger partial charge in [0.15, 0.2) is 0 Å². The fourth-order valence-electron chi connectivity index (χ4n) is 1.65. The molecule has 0 saturated heterocycles. The largest absolute Gasteiger partial charge is 0.383 e. The van der Waals surface area contributed by atoms with Crippen molar-refractivity contribution >= 4 is 40.2 Å². The summed E-state index contributed by atoms with van der Waals surface area (Å²) in [4.78, 5) is 10.1. The molecule has 0 atom stereocenters. The maximum absolute atomic E-state index is 5.92. The molecule has 1 aromatic carbocycles. The van der Waals surface area contributed by atoms with Gasteiger partial charge in [0.05, 0.1) is 15.0 Å². The number of aromatic nitrogens is 2. The minimum atomic E-state index is 0.590. The van der Waals surface area contributed by atoms with Crippen LogP contribution in [0.2, 0.25) is 0 Å². The van der Waals surface area contributed by atoms with E-state index in [1.807, 2.05) is 0 Å². The summed E-state index contributed by atoms with van der Waals surface area (Å²) in [6, 6.07) is 8.47. The Bertz CT molecular complexity index is 570. The molecular formula is C14H16IN3S. The van der Waals surface area contributed by atoms with Crippen LogP contribution in [0.25, 0.3) is 0 Å². The second-order valence-electron chi connectivity index (χ2n) is 4.24. The lowest BCUT2D eigenvalue weighted by Crippen LogP contribution is -2.06. The van der Waals surface area contributed by atoms with Gasteiger partial charge in [-0.25, -0.2) is 9.97 Å². The van der Waals surface area contributed by atoms with E-state index in [-0.39, 0.29) is 0 Å². The highest BCUT2D eigenvalue weighted by atomic mass is 127. The summed E-state index contributed by atoms with van der Waals surface area (Å²) >= 11 is 3.94. The Labute approximate surface area is 131 Å². The number of benzene rings is 1. The molecule has 0 aliphatic heterocycles. The number of nitrogens with zero attached hydrogens (tertiary/aromatic N) is 2. The van der Waals surface area contributed by atoms with Crippen molar-refractivity contribution in [3.63, 3.8) is 0 Å². The number of hydrogen-bond acceptors (Lipinski definition) is 4. The predicted octanol–water partition coefficient (Wildman–Crippen LogP) is 3.83. The zero-order valence-corrected chi connectivity index (χ0v) is 14.0. The third-order valence-electron chi connectivity index (χ3n) is 2.72. The van der Waals surface area contributed by atoms with E-state index in [1.165, 1.54) is 10.5 Å². The lowest BCUT2D eigenvalue weighted by molar-refractivity contribution is 0.933. The first-order chi connectivity index (χ1) is 9.10. The van der Waals surface area contributed by atoms with Gasteiger partial charge in [-0.05, 0) is 48.1 Å². The van der Waals surface area contributed by atoms with Gasteiger partial charge < -0.3 is 5.73 Å². The van der Waals surface area contributed by atoms with Crippen LogP contribution in [0.4, 0.5) is 5.82 Å². The first-order valence-electron chi connectivity index (χ1n) is 6.10. The van der Waals surface area contributed by atoms with Crippen LogP contribution in [0.15, 0.2) is 29.2 Å². The number of anilines is 1. The molecule has 0 bridgehead atoms. The van der Waals surface area contributed by atoms with Crippen LogP contribution >= 0.6 is 34.4 Å². The topological polar surface area (TPSA) is 51.8 Å². The Morgan fingerprint density at radius 3 is 2.53 bits per heavy atom. The molecule has 0 unspecified atom stereocenters. The number of aryl methyl sites for hydroxylation is 2. The molecule has 2 N–H and O–H groups in total. The molecule has 100 valence electrons. The number of hydrogen-bond donors (Lipinski definition) is 1. The van der Waals surface area contributed by atoms with Crippen LogP contribution in [-0.4, -0.2) is 9.97 Å². The quantitative estimate of drug-likeness (QED) is 0.642. The molecule has 0 amide bonds. The summed E-state index contributed by atoms with van der Waals surface area (Å²) in [7, 11) is 0. The van der Waals surface area contributed by atoms with Gasteiger partial charge in [-0.2, -0.15) is 0 Å². The lowest BCUT2D eigenvalue weighted by Gasteiger charge is -2.07. The Kier molecular flexibility index (Phi) is 5.04. The van der Waals surface area contributed by atoms with E-state index in [0.717, 1.165) is 27.3 Å². The summed E-state index contributed by atoms with van der Waals surface area (Å²) in [6.45, 7) is 4.17. The van der Waals surface area contributed by atoms with Crippen molar-refractivity contribution in [2.75, 3.05) is 5.73 Å². The molecule has 2 rings (SSSR count). The van der Waals surface area contributed by atoms with Crippen molar-refractivity contribution in [3.05, 3.63) is 44.9 Å². The number of thioether (sulfide) groups is 1. The molecule has 19 heavy (non-hydrogen) atoms. The third kappa shape index (κ3) is 3.82. The number of halogens is 1. The van der Waals surface area contributed by atoms with Gasteiger partial charge >= 0.3 is 0 Å². The normalized spacial score (nSPS) is 10.7. The summed E-state index contributed by atoms with van der Waals surface area (Å²) < 4.78 is 0.976. The van der Waals surface area contributed by atoms with Gasteiger partial charge in [0.2, 0.25) is 0 Å². The van der Waals surface area contributed by atoms with E-state index in [2.05, 4.69) is 70.7 Å². The van der Waals surface area contributed by atoms with E-state index in [0.29, 0.717) is 5.82 Å². The highest BCUT2D eigenvalue weighted by Gasteiger charge is 2.08. The highest BCUT2D eigenvalue weighted by molar-refractivity contribution is 14.1. The van der Waals surface area contributed by atoms with Gasteiger partial charge in [0, 0.05) is 4.90 Å². The maximum atomic E-state index is 5.92. The highest BCUT2D eigenvalue weighted by Crippen LogP contribution is 2.24. The molecule has 1 heterocycles. The average molecular weight is 385 g/mol. The van der Waals surface area contributed by atoms with Crippen LogP contribution in [0, 0.1) is 10.5 Å². The molecule has 0 saturated carbocycles. The molecule has 0 aliphatic carbocycles. The number of nitrogens with two attached hydrogens (primary N) is 1. The minimum Gasteiger partial charge on any atom is -0.383 e. The van der Waals surface area contributed by atoms with Crippen molar-refractivity contribution < 1.29 is 0 Å². The summed E-state index contributed by atoms with van der Waals surface area (Å²) in [6.07, 6.45) is 0.882. The molecule has 0 radical (unpaired) electrons. The van der Waals surface area contributed by atoms with E-state index in [4.69, 9.17) is 5.73 Å². The molecule has 3 nitrogen and oxygen atoms in total. The van der Waals surface area contributed by atoms with Gasteiger partial charge in [0.25, 0.3) is 0 Å². The van der Waals surface area contributed by atoms with Crippen LogP contribution in [0.3, 0.4) is 0 Å². The second-order valence-corrected chi connectivity index (χ2v) is 6.37. The van der Waals surface area contributed by atoms with E-state index in [1.54, 1.807) is 11.8 Å². The smallest absolute Gasteiger partial charge is 0.141 e. The van der Waals surface area contributed by atoms with E-state index in [9.17, 15) is 0 Å². The SMILES string of the molecule is CCc1nc(CSc2ccc(C)cc2)nc(N)c1I. The zero-order chi connectivity index (χ0) is 13.8. The summed E-state index contributed by atoms with van der Waals surface area (Å²) in [5, 5.41) is 0. The molecule has 5 heteroatoms. The molecule has 0 spiro atoms. The molecule has 0 aliphatic rings. The predicted molar refractivity (Wildman–Crippen MR) is 89.3 cm³/mol. The van der Waals surface area contributed by atoms with Crippen molar-refractivity contribution in [1.29, 1.82) is 0 Å². The van der Waals surface area contributed by atoms with Gasteiger partial charge in [0.1, 0.15) is 11.6 Å². The maximum Gasteiger partial charge on any atom is 0.141 e. The van der Waals surface area contributed by atoms with Crippen molar-refractivity contribution in [3.8, 4) is 0 Å². The summed E-state index contributed by atoms with van der Waals surface area (Å²) in [5.74, 6) is 2.14. The molecule has 2 aromatic rings. The van der Waals surface area contributed by atoms with Crippen molar-refractivity contribution in [2.45, 2.75) is 30.9 Å². The van der Waals surface area contributed by atoms with Crippen LogP contribution in [-0.2, 0) is 12.2 Å². The van der Waals surface area contributed by atoms with Crippen molar-refractivity contribution in [2.24, 2.45) is 0 Å². The monoisotopic (exact) mass is 385 g/mol. The first kappa shape index (κ1) is 14.6. The van der Waals surface area contributed by atoms with E-state index >= 15 is 0 Å². The molecular weight excluding hydrogens is 369 g/mol. The average Bonchev–Trinajstić information content (AvgIpc) is 2.41. The Morgan fingerprint density at radius 2 is 1.89 bits per heavy atom. The number of nitrogen functional groups attached to an aromatic ring is 1. The fourth-order valence-corrected chi connectivity index (χ4v) is 3.02. The lowest BCUT2D eigenvalue weighted by atomic mass is 10.2. The molecule has 0 fully saturated rings. The van der Waals surface area contributed by atoms with Gasteiger partial charge in [-0.3, -0.25) is 0 Å². The summed E-state index contributed by atoms with van der Waals surface area (Å²) in [5.41, 5.74) is 8.22. The zero-order valence-electron chi connectivity index (χ0n) is 11.0. The molecule has 1 aromatic heterocycles. The Morgan fingerprint density at radius 1 is 1.21 bits per heavy atom. The van der Waals surface area contributed by atoms with Gasteiger partial charge in [-0.15, -0.1) is 11.8 Å². The van der Waals surface area contributed by atoms with Crippen LogP contribution in [0.5, 0.6) is 0 Å².